The molecule has 1 aromatic heterocycles. The third-order valence-electron chi connectivity index (χ3n) is 2.94. The summed E-state index contributed by atoms with van der Waals surface area (Å²) in [6, 6.07) is 1.82. The Labute approximate surface area is 118 Å². The van der Waals surface area contributed by atoms with Crippen molar-refractivity contribution in [3.63, 3.8) is 0 Å². The fraction of sp³-hybridized carbons (Fsp3) is 0.500. The highest BCUT2D eigenvalue weighted by Crippen LogP contribution is 2.27. The average Bonchev–Trinajstić information content (AvgIpc) is 2.97. The summed E-state index contributed by atoms with van der Waals surface area (Å²) >= 11 is 4.77. The molecule has 0 aliphatic carbocycles. The van der Waals surface area contributed by atoms with E-state index >= 15 is 0 Å². The molecule has 0 radical (unpaired) electrons. The molecule has 1 aliphatic heterocycles. The molecule has 1 aromatic rings. The highest BCUT2D eigenvalue weighted by Gasteiger charge is 2.19. The maximum atomic E-state index is 11.8. The number of nitrogens with zero attached hydrogens (tertiary/aromatic N) is 1. The van der Waals surface area contributed by atoms with Gasteiger partial charge in [0.15, 0.2) is 0 Å². The highest BCUT2D eigenvalue weighted by atomic mass is 79.9. The summed E-state index contributed by atoms with van der Waals surface area (Å²) in [5.41, 5.74) is 1.04. The smallest absolute Gasteiger partial charge is 0.261 e. The van der Waals surface area contributed by atoms with Gasteiger partial charge >= 0.3 is 0 Å². The molecule has 2 rings (SSSR count). The lowest BCUT2D eigenvalue weighted by Gasteiger charge is -2.15. The molecule has 1 saturated heterocycles. The molecule has 2 heterocycles. The number of amides is 2. The van der Waals surface area contributed by atoms with E-state index in [1.54, 1.807) is 4.90 Å². The van der Waals surface area contributed by atoms with E-state index in [0.717, 1.165) is 35.3 Å². The van der Waals surface area contributed by atoms with Crippen LogP contribution in [0.2, 0.25) is 0 Å². The summed E-state index contributed by atoms with van der Waals surface area (Å²) in [5.74, 6) is -0.172. The Morgan fingerprint density at radius 3 is 2.67 bits per heavy atom. The van der Waals surface area contributed by atoms with E-state index in [9.17, 15) is 9.59 Å². The fourth-order valence-electron chi connectivity index (χ4n) is 1.89. The maximum Gasteiger partial charge on any atom is 0.261 e. The third-order valence-corrected chi connectivity index (χ3v) is 5.08. The Hall–Kier alpha value is -0.880. The van der Waals surface area contributed by atoms with Crippen molar-refractivity contribution in [1.29, 1.82) is 0 Å². The second kappa shape index (κ2) is 5.84. The minimum atomic E-state index is -0.179. The Balaban J connectivity index is 1.86. The van der Waals surface area contributed by atoms with E-state index in [-0.39, 0.29) is 18.4 Å². The van der Waals surface area contributed by atoms with Crippen molar-refractivity contribution in [3.05, 3.63) is 20.3 Å². The molecule has 4 nitrogen and oxygen atoms in total. The summed E-state index contributed by atoms with van der Waals surface area (Å²) in [5, 5.41) is 2.68. The molecule has 6 heteroatoms. The molecule has 0 spiro atoms. The van der Waals surface area contributed by atoms with Crippen LogP contribution in [-0.4, -0.2) is 36.3 Å². The quantitative estimate of drug-likeness (QED) is 0.923. The normalized spacial score (nSPS) is 14.9. The lowest BCUT2D eigenvalue weighted by molar-refractivity contribution is -0.129. The van der Waals surface area contributed by atoms with E-state index in [1.165, 1.54) is 11.3 Å². The van der Waals surface area contributed by atoms with Crippen LogP contribution in [0, 0.1) is 6.92 Å². The van der Waals surface area contributed by atoms with Crippen LogP contribution in [0.4, 0.5) is 0 Å². The fourth-order valence-corrected chi connectivity index (χ4v) is 3.34. The molecule has 2 amide bonds. The molecule has 1 N–H and O–H groups in total. The first-order chi connectivity index (χ1) is 8.58. The van der Waals surface area contributed by atoms with Crippen LogP contribution < -0.4 is 5.32 Å². The molecule has 98 valence electrons. The van der Waals surface area contributed by atoms with Crippen LogP contribution >= 0.6 is 27.3 Å². The number of likely N-dealkylation sites (tertiary alicyclic amines) is 1. The van der Waals surface area contributed by atoms with E-state index < -0.39 is 0 Å². The van der Waals surface area contributed by atoms with Gasteiger partial charge in [0.25, 0.3) is 5.91 Å². The summed E-state index contributed by atoms with van der Waals surface area (Å²) < 4.78 is 0.957. The molecule has 0 unspecified atom stereocenters. The number of thiophene rings is 1. The van der Waals surface area contributed by atoms with Crippen LogP contribution in [0.5, 0.6) is 0 Å². The first kappa shape index (κ1) is 13.5. The van der Waals surface area contributed by atoms with Crippen molar-refractivity contribution in [3.8, 4) is 0 Å². The van der Waals surface area contributed by atoms with Crippen molar-refractivity contribution in [2.45, 2.75) is 19.8 Å². The highest BCUT2D eigenvalue weighted by molar-refractivity contribution is 9.11. The predicted octanol–water partition coefficient (Wildman–Crippen LogP) is 2.17. The van der Waals surface area contributed by atoms with E-state index in [2.05, 4.69) is 21.2 Å². The first-order valence-corrected chi connectivity index (χ1v) is 7.51. The topological polar surface area (TPSA) is 49.4 Å². The average molecular weight is 331 g/mol. The van der Waals surface area contributed by atoms with E-state index in [0.29, 0.717) is 4.88 Å². The SMILES string of the molecule is Cc1cc(C(=O)NCC(=O)N2CCCC2)sc1Br. The van der Waals surface area contributed by atoms with Gasteiger partial charge in [-0.3, -0.25) is 9.59 Å². The van der Waals surface area contributed by atoms with Gasteiger partial charge in [0.1, 0.15) is 0 Å². The number of aryl methyl sites for hydroxylation is 1. The Morgan fingerprint density at radius 2 is 2.11 bits per heavy atom. The molecule has 0 bridgehead atoms. The Bertz CT molecular complexity index is 447. The second-order valence-electron chi connectivity index (χ2n) is 4.34. The molecule has 1 fully saturated rings. The number of halogens is 1. The number of hydrogen-bond acceptors (Lipinski definition) is 3. The lowest BCUT2D eigenvalue weighted by atomic mass is 10.3. The van der Waals surface area contributed by atoms with Gasteiger partial charge in [-0.25, -0.2) is 0 Å². The number of nitrogens with one attached hydrogen (secondary N) is 1. The largest absolute Gasteiger partial charge is 0.342 e. The van der Waals surface area contributed by atoms with Gasteiger partial charge in [-0.05, 0) is 47.3 Å². The summed E-state index contributed by atoms with van der Waals surface area (Å²) in [6.07, 6.45) is 2.13. The van der Waals surface area contributed by atoms with Crippen LogP contribution in [-0.2, 0) is 4.79 Å². The molecule has 0 saturated carbocycles. The second-order valence-corrected chi connectivity index (χ2v) is 6.71. The van der Waals surface area contributed by atoms with Gasteiger partial charge in [0.05, 0.1) is 15.2 Å². The van der Waals surface area contributed by atoms with Crippen molar-refractivity contribution < 1.29 is 9.59 Å². The van der Waals surface area contributed by atoms with Crippen LogP contribution in [0.3, 0.4) is 0 Å². The minimum absolute atomic E-state index is 0.00759. The van der Waals surface area contributed by atoms with E-state index in [1.807, 2.05) is 13.0 Å². The van der Waals surface area contributed by atoms with Gasteiger partial charge in [0, 0.05) is 13.1 Å². The molecule has 1 aliphatic rings. The molecular formula is C12H15BrN2O2S. The number of carbonyl (C=O) groups excluding carboxylic acids is 2. The molecule has 18 heavy (non-hydrogen) atoms. The third kappa shape index (κ3) is 3.11. The van der Waals surface area contributed by atoms with Crippen molar-refractivity contribution >= 4 is 39.1 Å². The first-order valence-electron chi connectivity index (χ1n) is 5.90. The summed E-state index contributed by atoms with van der Waals surface area (Å²) in [7, 11) is 0. The zero-order valence-corrected chi connectivity index (χ0v) is 12.6. The maximum absolute atomic E-state index is 11.8. The summed E-state index contributed by atoms with van der Waals surface area (Å²) in [6.45, 7) is 3.66. The zero-order valence-electron chi connectivity index (χ0n) is 10.2. The van der Waals surface area contributed by atoms with Crippen LogP contribution in [0.15, 0.2) is 9.85 Å². The Morgan fingerprint density at radius 1 is 1.44 bits per heavy atom. The lowest BCUT2D eigenvalue weighted by Crippen LogP contribution is -2.38. The van der Waals surface area contributed by atoms with E-state index in [4.69, 9.17) is 0 Å². The van der Waals surface area contributed by atoms with Gasteiger partial charge in [0.2, 0.25) is 5.91 Å². The number of hydrogen-bond donors (Lipinski definition) is 1. The monoisotopic (exact) mass is 330 g/mol. The van der Waals surface area contributed by atoms with Crippen molar-refractivity contribution in [2.75, 3.05) is 19.6 Å². The van der Waals surface area contributed by atoms with Gasteiger partial charge in [-0.2, -0.15) is 0 Å². The summed E-state index contributed by atoms with van der Waals surface area (Å²) in [4.78, 5) is 26.0. The zero-order chi connectivity index (χ0) is 13.1. The Kier molecular flexibility index (Phi) is 4.40. The van der Waals surface area contributed by atoms with Gasteiger partial charge < -0.3 is 10.2 Å². The number of carbonyl (C=O) groups is 2. The molecule has 0 aromatic carbocycles. The van der Waals surface area contributed by atoms with Crippen molar-refractivity contribution in [2.24, 2.45) is 0 Å². The van der Waals surface area contributed by atoms with Crippen LogP contribution in [0.25, 0.3) is 0 Å². The molecular weight excluding hydrogens is 316 g/mol. The predicted molar refractivity (Wildman–Crippen MR) is 74.9 cm³/mol. The van der Waals surface area contributed by atoms with Crippen LogP contribution in [0.1, 0.15) is 28.1 Å². The van der Waals surface area contributed by atoms with Gasteiger partial charge in [-0.15, -0.1) is 11.3 Å². The van der Waals surface area contributed by atoms with Gasteiger partial charge in [-0.1, -0.05) is 0 Å². The number of rotatable bonds is 3. The minimum Gasteiger partial charge on any atom is -0.342 e. The molecule has 0 atom stereocenters. The van der Waals surface area contributed by atoms with Crippen molar-refractivity contribution in [1.82, 2.24) is 10.2 Å². The standard InChI is InChI=1S/C12H15BrN2O2S/c1-8-6-9(18-11(8)13)12(17)14-7-10(16)15-4-2-3-5-15/h6H,2-5,7H2,1H3,(H,14,17).